The molecule has 22 heavy (non-hydrogen) atoms. The van der Waals surface area contributed by atoms with E-state index in [9.17, 15) is 0 Å². The van der Waals surface area contributed by atoms with Gasteiger partial charge >= 0.3 is 0 Å². The maximum atomic E-state index is 4.12. The summed E-state index contributed by atoms with van der Waals surface area (Å²) in [6, 6.07) is 21.5. The third kappa shape index (κ3) is 1.64. The minimum absolute atomic E-state index is 0.853. The van der Waals surface area contributed by atoms with Crippen molar-refractivity contribution in [1.82, 2.24) is 5.53 Å². The van der Waals surface area contributed by atoms with Crippen LogP contribution in [0.3, 0.4) is 0 Å². The van der Waals surface area contributed by atoms with Crippen molar-refractivity contribution in [3.05, 3.63) is 60.7 Å². The molecule has 5 rings (SSSR count). The van der Waals surface area contributed by atoms with Crippen LogP contribution in [0.4, 0.5) is 11.4 Å². The molecule has 0 unspecified atom stereocenters. The smallest absolute Gasteiger partial charge is 0.113 e. The van der Waals surface area contributed by atoms with Crippen molar-refractivity contribution in [3.8, 4) is 0 Å². The lowest BCUT2D eigenvalue weighted by molar-refractivity contribution is 0.786. The first-order valence-electron chi connectivity index (χ1n) is 7.19. The highest BCUT2D eigenvalue weighted by molar-refractivity contribution is 6.06. The summed E-state index contributed by atoms with van der Waals surface area (Å²) in [6.07, 6.45) is 0. The average Bonchev–Trinajstić information content (AvgIpc) is 2.56. The lowest BCUT2D eigenvalue weighted by atomic mass is 9.99. The van der Waals surface area contributed by atoms with E-state index in [4.69, 9.17) is 0 Å². The van der Waals surface area contributed by atoms with Crippen LogP contribution in [0.5, 0.6) is 0 Å². The van der Waals surface area contributed by atoms with Crippen molar-refractivity contribution in [3.63, 3.8) is 0 Å². The van der Waals surface area contributed by atoms with E-state index in [1.165, 1.54) is 32.3 Å². The number of benzene rings is 4. The maximum Gasteiger partial charge on any atom is 0.113 e. The Hall–Kier alpha value is -3.14. The summed E-state index contributed by atoms with van der Waals surface area (Å²) >= 11 is 0. The molecule has 0 spiro atoms. The fourth-order valence-corrected chi connectivity index (χ4v) is 3.08. The number of rotatable bonds is 0. The molecule has 0 bridgehead atoms. The molecule has 2 N–H and O–H groups in total. The maximum absolute atomic E-state index is 4.12. The number of nitrogens with zero attached hydrogens (tertiary/aromatic N) is 2. The van der Waals surface area contributed by atoms with Gasteiger partial charge in [-0.25, -0.2) is 5.53 Å². The van der Waals surface area contributed by atoms with Gasteiger partial charge in [0.05, 0.1) is 5.69 Å². The lowest BCUT2D eigenvalue weighted by Gasteiger charge is -2.13. The first-order chi connectivity index (χ1) is 10.9. The SMILES string of the molecule is c1ccc2cc3cc4cc5c(cc4cc3cc2c1)N=NNN5. The second kappa shape index (κ2) is 4.18. The highest BCUT2D eigenvalue weighted by atomic mass is 15.6. The van der Waals surface area contributed by atoms with Gasteiger partial charge in [-0.3, -0.25) is 5.43 Å². The zero-order valence-electron chi connectivity index (χ0n) is 11.7. The van der Waals surface area contributed by atoms with Crippen molar-refractivity contribution in [2.45, 2.75) is 0 Å². The van der Waals surface area contributed by atoms with Crippen LogP contribution < -0.4 is 11.0 Å². The summed E-state index contributed by atoms with van der Waals surface area (Å²) in [7, 11) is 0. The Bertz CT molecular complexity index is 1080. The summed E-state index contributed by atoms with van der Waals surface area (Å²) < 4.78 is 0. The second-order valence-corrected chi connectivity index (χ2v) is 5.55. The monoisotopic (exact) mass is 284 g/mol. The van der Waals surface area contributed by atoms with Crippen LogP contribution in [-0.2, 0) is 0 Å². The lowest BCUT2D eigenvalue weighted by Crippen LogP contribution is -2.16. The number of fused-ring (bicyclic) bond motifs is 4. The average molecular weight is 284 g/mol. The minimum Gasteiger partial charge on any atom is -0.282 e. The minimum atomic E-state index is 0.853. The molecule has 0 saturated heterocycles. The molecule has 0 fully saturated rings. The molecule has 1 aliphatic rings. The molecule has 0 radical (unpaired) electrons. The Kier molecular flexibility index (Phi) is 2.19. The molecule has 4 aromatic carbocycles. The molecule has 0 atom stereocenters. The van der Waals surface area contributed by atoms with Gasteiger partial charge in [-0.1, -0.05) is 29.5 Å². The Morgan fingerprint density at radius 3 is 1.95 bits per heavy atom. The van der Waals surface area contributed by atoms with Crippen molar-refractivity contribution < 1.29 is 0 Å². The van der Waals surface area contributed by atoms with Gasteiger partial charge in [0.1, 0.15) is 5.69 Å². The number of nitrogens with one attached hydrogen (secondary N) is 2. The van der Waals surface area contributed by atoms with Crippen molar-refractivity contribution in [1.29, 1.82) is 0 Å². The van der Waals surface area contributed by atoms with E-state index in [1.54, 1.807) is 0 Å². The van der Waals surface area contributed by atoms with E-state index in [-0.39, 0.29) is 0 Å². The first kappa shape index (κ1) is 11.5. The van der Waals surface area contributed by atoms with E-state index < -0.39 is 0 Å². The molecular weight excluding hydrogens is 272 g/mol. The van der Waals surface area contributed by atoms with Gasteiger partial charge in [0.2, 0.25) is 0 Å². The molecule has 1 aliphatic heterocycles. The quantitative estimate of drug-likeness (QED) is 0.443. The Morgan fingerprint density at radius 2 is 1.23 bits per heavy atom. The molecule has 0 amide bonds. The molecule has 4 aromatic rings. The van der Waals surface area contributed by atoms with E-state index in [1.807, 2.05) is 0 Å². The molecule has 0 aliphatic carbocycles. The zero-order valence-corrected chi connectivity index (χ0v) is 11.7. The van der Waals surface area contributed by atoms with Crippen LogP contribution in [0.2, 0.25) is 0 Å². The molecule has 4 nitrogen and oxygen atoms in total. The van der Waals surface area contributed by atoms with E-state index in [0.29, 0.717) is 0 Å². The topological polar surface area (TPSA) is 48.8 Å². The Morgan fingerprint density at radius 1 is 0.636 bits per heavy atom. The normalized spacial score (nSPS) is 13.1. The van der Waals surface area contributed by atoms with E-state index in [0.717, 1.165) is 11.4 Å². The summed E-state index contributed by atoms with van der Waals surface area (Å²) in [5.41, 5.74) is 7.50. The van der Waals surface area contributed by atoms with E-state index in [2.05, 4.69) is 82.0 Å². The number of anilines is 1. The summed E-state index contributed by atoms with van der Waals surface area (Å²) in [5.74, 6) is 0. The highest BCUT2D eigenvalue weighted by Crippen LogP contribution is 2.35. The van der Waals surface area contributed by atoms with Crippen molar-refractivity contribution in [2.75, 3.05) is 5.43 Å². The number of hydrogen-bond acceptors (Lipinski definition) is 4. The van der Waals surface area contributed by atoms with Crippen molar-refractivity contribution >= 4 is 43.7 Å². The third-order valence-electron chi connectivity index (χ3n) is 4.17. The van der Waals surface area contributed by atoms with Crippen LogP contribution >= 0.6 is 0 Å². The predicted octanol–water partition coefficient (Wildman–Crippen LogP) is 5.08. The van der Waals surface area contributed by atoms with Crippen LogP contribution in [0.15, 0.2) is 71.0 Å². The highest BCUT2D eigenvalue weighted by Gasteiger charge is 2.09. The van der Waals surface area contributed by atoms with Gasteiger partial charge in [0.15, 0.2) is 0 Å². The van der Waals surface area contributed by atoms with Gasteiger partial charge in [-0.15, -0.1) is 5.11 Å². The van der Waals surface area contributed by atoms with Crippen LogP contribution in [0, 0.1) is 0 Å². The zero-order chi connectivity index (χ0) is 14.5. The molecule has 104 valence electrons. The Labute approximate surface area is 126 Å². The second-order valence-electron chi connectivity index (χ2n) is 5.55. The van der Waals surface area contributed by atoms with Crippen LogP contribution in [0.1, 0.15) is 0 Å². The van der Waals surface area contributed by atoms with Gasteiger partial charge in [0, 0.05) is 0 Å². The standard InChI is InChI=1S/C18H12N4/c1-2-4-12-6-14-8-16-10-18-17(19-21-22-20-18)9-15(16)7-13(14)5-11(12)3-1/h1-10H,(H,19,22)(H,20,21). The summed E-state index contributed by atoms with van der Waals surface area (Å²) in [6.45, 7) is 0. The first-order valence-corrected chi connectivity index (χ1v) is 7.19. The molecule has 1 heterocycles. The van der Waals surface area contributed by atoms with Crippen molar-refractivity contribution in [2.24, 2.45) is 10.3 Å². The molecule has 4 heteroatoms. The van der Waals surface area contributed by atoms with Gasteiger partial charge < -0.3 is 0 Å². The number of hydrazine groups is 1. The Balaban J connectivity index is 1.87. The summed E-state index contributed by atoms with van der Waals surface area (Å²) in [4.78, 5) is 0. The van der Waals surface area contributed by atoms with Gasteiger partial charge in [-0.2, -0.15) is 0 Å². The van der Waals surface area contributed by atoms with Crippen LogP contribution in [0.25, 0.3) is 32.3 Å². The molecule has 0 saturated carbocycles. The largest absolute Gasteiger partial charge is 0.282 e. The van der Waals surface area contributed by atoms with Gasteiger partial charge in [-0.05, 0) is 68.7 Å². The van der Waals surface area contributed by atoms with Crippen LogP contribution in [-0.4, -0.2) is 0 Å². The van der Waals surface area contributed by atoms with E-state index >= 15 is 0 Å². The third-order valence-corrected chi connectivity index (χ3v) is 4.17. The fourth-order valence-electron chi connectivity index (χ4n) is 3.08. The predicted molar refractivity (Wildman–Crippen MR) is 90.2 cm³/mol. The summed E-state index contributed by atoms with van der Waals surface area (Å²) in [5, 5.41) is 15.3. The fraction of sp³-hybridized carbons (Fsp3) is 0. The number of hydrogen-bond donors (Lipinski definition) is 2. The molecule has 0 aromatic heterocycles. The molecular formula is C18H12N4. The van der Waals surface area contributed by atoms with Gasteiger partial charge in [0.25, 0.3) is 0 Å².